The minimum atomic E-state index is 0. The molecule has 164 valence electrons. The molecule has 0 aliphatic heterocycles. The SMILES string of the molecule is C=CCOc1ccccc1CNC(=NC)NCCc1nc(-c2ccc(Cl)cc2)no1.I. The summed E-state index contributed by atoms with van der Waals surface area (Å²) in [6.07, 6.45) is 2.29. The molecule has 0 fully saturated rings. The summed E-state index contributed by atoms with van der Waals surface area (Å²) in [6.45, 7) is 5.32. The standard InChI is InChI=1S/C22H24ClN5O2.HI/c1-3-14-29-19-7-5-4-6-17(19)15-26-22(24-2)25-13-12-20-27-21(28-30-20)16-8-10-18(23)11-9-16;/h3-11H,1,12-15H2,2H3,(H2,24,25,26);1H. The molecular weight excluding hydrogens is 529 g/mol. The number of aliphatic imine (C=N–C) groups is 1. The number of hydrogen-bond donors (Lipinski definition) is 2. The van der Waals surface area contributed by atoms with Crippen molar-refractivity contribution in [2.75, 3.05) is 20.2 Å². The maximum atomic E-state index is 5.91. The van der Waals surface area contributed by atoms with Gasteiger partial charge in [0.1, 0.15) is 12.4 Å². The topological polar surface area (TPSA) is 84.6 Å². The number of hydrogen-bond acceptors (Lipinski definition) is 5. The van der Waals surface area contributed by atoms with Gasteiger partial charge >= 0.3 is 0 Å². The van der Waals surface area contributed by atoms with Gasteiger partial charge in [-0.05, 0) is 30.3 Å². The van der Waals surface area contributed by atoms with Crippen LogP contribution in [-0.4, -0.2) is 36.3 Å². The highest BCUT2D eigenvalue weighted by Crippen LogP contribution is 2.19. The van der Waals surface area contributed by atoms with E-state index in [1.54, 1.807) is 25.3 Å². The molecule has 3 rings (SSSR count). The van der Waals surface area contributed by atoms with Crippen LogP contribution in [0.1, 0.15) is 11.5 Å². The number of aromatic nitrogens is 2. The lowest BCUT2D eigenvalue weighted by atomic mass is 10.2. The Bertz CT molecular complexity index is 992. The Kier molecular flexibility index (Phi) is 10.3. The van der Waals surface area contributed by atoms with E-state index < -0.39 is 0 Å². The fourth-order valence-corrected chi connectivity index (χ4v) is 2.83. The van der Waals surface area contributed by atoms with E-state index in [0.717, 1.165) is 16.9 Å². The van der Waals surface area contributed by atoms with Gasteiger partial charge in [-0.1, -0.05) is 47.6 Å². The molecular formula is C22H25ClIN5O2. The third-order valence-corrected chi connectivity index (χ3v) is 4.45. The van der Waals surface area contributed by atoms with Crippen LogP contribution < -0.4 is 15.4 Å². The Morgan fingerprint density at radius 2 is 1.97 bits per heavy atom. The second-order valence-electron chi connectivity index (χ2n) is 6.33. The lowest BCUT2D eigenvalue weighted by molar-refractivity contribution is 0.358. The summed E-state index contributed by atoms with van der Waals surface area (Å²) in [6, 6.07) is 15.2. The number of guanidine groups is 1. The molecule has 7 nitrogen and oxygen atoms in total. The summed E-state index contributed by atoms with van der Waals surface area (Å²) in [4.78, 5) is 8.67. The van der Waals surface area contributed by atoms with Crippen molar-refractivity contribution in [2.24, 2.45) is 4.99 Å². The van der Waals surface area contributed by atoms with E-state index in [9.17, 15) is 0 Å². The molecule has 1 aromatic heterocycles. The Morgan fingerprint density at radius 1 is 1.19 bits per heavy atom. The van der Waals surface area contributed by atoms with Crippen molar-refractivity contribution in [1.82, 2.24) is 20.8 Å². The molecule has 3 aromatic rings. The normalized spacial score (nSPS) is 10.8. The zero-order chi connectivity index (χ0) is 21.2. The van der Waals surface area contributed by atoms with Crippen LogP contribution in [0.5, 0.6) is 5.75 Å². The van der Waals surface area contributed by atoms with E-state index in [1.165, 1.54) is 0 Å². The zero-order valence-electron chi connectivity index (χ0n) is 17.2. The van der Waals surface area contributed by atoms with Crippen LogP contribution in [-0.2, 0) is 13.0 Å². The van der Waals surface area contributed by atoms with Gasteiger partial charge in [0, 0.05) is 42.7 Å². The molecule has 0 unspecified atom stereocenters. The molecule has 0 saturated heterocycles. The number of ether oxygens (including phenoxy) is 1. The summed E-state index contributed by atoms with van der Waals surface area (Å²) in [7, 11) is 1.72. The minimum absolute atomic E-state index is 0. The highest BCUT2D eigenvalue weighted by Gasteiger charge is 2.09. The number of halogens is 2. The maximum absolute atomic E-state index is 5.91. The van der Waals surface area contributed by atoms with Crippen LogP contribution >= 0.6 is 35.6 Å². The number of para-hydroxylation sites is 1. The molecule has 0 bridgehead atoms. The second kappa shape index (κ2) is 13.0. The molecule has 1 heterocycles. The number of nitrogens with one attached hydrogen (secondary N) is 2. The van der Waals surface area contributed by atoms with E-state index in [4.69, 9.17) is 20.9 Å². The summed E-state index contributed by atoms with van der Waals surface area (Å²) in [5, 5.41) is 11.2. The van der Waals surface area contributed by atoms with Gasteiger partial charge in [-0.15, -0.1) is 24.0 Å². The molecule has 0 amide bonds. The van der Waals surface area contributed by atoms with Gasteiger partial charge in [0.05, 0.1) is 0 Å². The van der Waals surface area contributed by atoms with Crippen molar-refractivity contribution in [3.05, 3.63) is 77.7 Å². The van der Waals surface area contributed by atoms with Crippen LogP contribution in [0.4, 0.5) is 0 Å². The molecule has 0 aliphatic rings. The van der Waals surface area contributed by atoms with Gasteiger partial charge in [-0.3, -0.25) is 4.99 Å². The fourth-order valence-electron chi connectivity index (χ4n) is 2.70. The molecule has 2 N–H and O–H groups in total. The van der Waals surface area contributed by atoms with E-state index in [-0.39, 0.29) is 24.0 Å². The summed E-state index contributed by atoms with van der Waals surface area (Å²) in [5.74, 6) is 2.58. The third-order valence-electron chi connectivity index (χ3n) is 4.20. The Labute approximate surface area is 204 Å². The molecule has 0 aliphatic carbocycles. The van der Waals surface area contributed by atoms with Crippen molar-refractivity contribution in [3.63, 3.8) is 0 Å². The van der Waals surface area contributed by atoms with Crippen molar-refractivity contribution in [3.8, 4) is 17.1 Å². The second-order valence-corrected chi connectivity index (χ2v) is 6.76. The van der Waals surface area contributed by atoms with Crippen molar-refractivity contribution >= 4 is 41.5 Å². The van der Waals surface area contributed by atoms with Crippen LogP contribution in [0.15, 0.2) is 70.7 Å². The minimum Gasteiger partial charge on any atom is -0.489 e. The number of rotatable bonds is 9. The van der Waals surface area contributed by atoms with E-state index in [0.29, 0.717) is 48.8 Å². The zero-order valence-corrected chi connectivity index (χ0v) is 20.3. The summed E-state index contributed by atoms with van der Waals surface area (Å²) in [5.41, 5.74) is 1.89. The van der Waals surface area contributed by atoms with Crippen LogP contribution in [0.25, 0.3) is 11.4 Å². The van der Waals surface area contributed by atoms with Crippen LogP contribution in [0, 0.1) is 0 Å². The lowest BCUT2D eigenvalue weighted by Gasteiger charge is -2.14. The maximum Gasteiger partial charge on any atom is 0.228 e. The van der Waals surface area contributed by atoms with Gasteiger partial charge in [-0.2, -0.15) is 4.98 Å². The molecule has 0 atom stereocenters. The smallest absolute Gasteiger partial charge is 0.228 e. The Balaban J connectivity index is 0.00000341. The van der Waals surface area contributed by atoms with Gasteiger partial charge < -0.3 is 19.9 Å². The predicted octanol–water partition coefficient (Wildman–Crippen LogP) is 4.48. The van der Waals surface area contributed by atoms with Crippen molar-refractivity contribution in [1.29, 1.82) is 0 Å². The lowest BCUT2D eigenvalue weighted by Crippen LogP contribution is -2.38. The average Bonchev–Trinajstić information content (AvgIpc) is 3.24. The van der Waals surface area contributed by atoms with Crippen molar-refractivity contribution < 1.29 is 9.26 Å². The first-order valence-corrected chi connectivity index (χ1v) is 9.92. The van der Waals surface area contributed by atoms with E-state index >= 15 is 0 Å². The van der Waals surface area contributed by atoms with E-state index in [1.807, 2.05) is 36.4 Å². The van der Waals surface area contributed by atoms with Gasteiger partial charge in [0.25, 0.3) is 0 Å². The predicted molar refractivity (Wildman–Crippen MR) is 134 cm³/mol. The quantitative estimate of drug-likeness (QED) is 0.176. The summed E-state index contributed by atoms with van der Waals surface area (Å²) < 4.78 is 11.0. The first-order chi connectivity index (χ1) is 14.7. The van der Waals surface area contributed by atoms with E-state index in [2.05, 4.69) is 32.3 Å². The van der Waals surface area contributed by atoms with Crippen LogP contribution in [0.2, 0.25) is 5.02 Å². The average molecular weight is 554 g/mol. The van der Waals surface area contributed by atoms with Gasteiger partial charge in [0.2, 0.25) is 11.7 Å². The Hall–Kier alpha value is -2.59. The van der Waals surface area contributed by atoms with Gasteiger partial charge in [0.15, 0.2) is 5.96 Å². The first kappa shape index (κ1) is 24.7. The highest BCUT2D eigenvalue weighted by atomic mass is 127. The van der Waals surface area contributed by atoms with Crippen LogP contribution in [0.3, 0.4) is 0 Å². The molecule has 0 radical (unpaired) electrons. The fraction of sp³-hybridized carbons (Fsp3) is 0.227. The first-order valence-electron chi connectivity index (χ1n) is 9.54. The largest absolute Gasteiger partial charge is 0.489 e. The molecule has 0 saturated carbocycles. The third kappa shape index (κ3) is 7.55. The molecule has 0 spiro atoms. The molecule has 31 heavy (non-hydrogen) atoms. The Morgan fingerprint density at radius 3 is 2.71 bits per heavy atom. The van der Waals surface area contributed by atoms with Gasteiger partial charge in [-0.25, -0.2) is 0 Å². The van der Waals surface area contributed by atoms with Crippen molar-refractivity contribution in [2.45, 2.75) is 13.0 Å². The molecule has 2 aromatic carbocycles. The number of benzene rings is 2. The monoisotopic (exact) mass is 553 g/mol. The molecule has 9 heteroatoms. The number of nitrogens with zero attached hydrogens (tertiary/aromatic N) is 3. The summed E-state index contributed by atoms with van der Waals surface area (Å²) >= 11 is 5.91. The highest BCUT2D eigenvalue weighted by molar-refractivity contribution is 14.0.